The minimum absolute atomic E-state index is 0.00414. The molecule has 0 aliphatic rings. The number of nitriles is 1. The van der Waals surface area contributed by atoms with Crippen molar-refractivity contribution in [3.63, 3.8) is 0 Å². The van der Waals surface area contributed by atoms with Crippen molar-refractivity contribution < 1.29 is 14.4 Å². The number of amides is 3. The van der Waals surface area contributed by atoms with Crippen LogP contribution in [0.1, 0.15) is 29.8 Å². The summed E-state index contributed by atoms with van der Waals surface area (Å²) in [5.74, 6) is -1.14. The van der Waals surface area contributed by atoms with Crippen LogP contribution in [-0.4, -0.2) is 34.2 Å². The van der Waals surface area contributed by atoms with Crippen LogP contribution in [0, 0.1) is 11.3 Å². The lowest BCUT2D eigenvalue weighted by Crippen LogP contribution is -2.32. The van der Waals surface area contributed by atoms with Crippen LogP contribution in [-0.2, 0) is 9.59 Å². The molecule has 0 atom stereocenters. The molecule has 0 aliphatic carbocycles. The molecular formula is C21H20N6O3S. The topological polar surface area (TPSA) is 145 Å². The lowest BCUT2D eigenvalue weighted by Gasteiger charge is -2.21. The molecule has 0 radical (unpaired) electrons. The number of anilines is 2. The number of hydrogen-bond acceptors (Lipinski definition) is 6. The Kier molecular flexibility index (Phi) is 7.13. The van der Waals surface area contributed by atoms with Gasteiger partial charge in [0.05, 0.1) is 18.2 Å². The van der Waals surface area contributed by atoms with E-state index in [2.05, 4.69) is 15.3 Å². The molecule has 31 heavy (non-hydrogen) atoms. The quantitative estimate of drug-likeness (QED) is 0.472. The number of thiazole rings is 1. The van der Waals surface area contributed by atoms with E-state index < -0.39 is 5.91 Å². The zero-order valence-electron chi connectivity index (χ0n) is 16.5. The predicted octanol–water partition coefficient (Wildman–Crippen LogP) is 2.90. The number of carbonyl (C=O) groups is 3. The van der Waals surface area contributed by atoms with Gasteiger partial charge in [-0.1, -0.05) is 18.2 Å². The summed E-state index contributed by atoms with van der Waals surface area (Å²) < 4.78 is 0. The number of hydrogen-bond donors (Lipinski definition) is 3. The Labute approximate surface area is 182 Å². The fraction of sp³-hybridized carbons (Fsp3) is 0.190. The molecule has 0 saturated carbocycles. The Morgan fingerprint density at radius 1 is 1.23 bits per heavy atom. The summed E-state index contributed by atoms with van der Waals surface area (Å²) in [6.07, 6.45) is 1.80. The molecule has 9 nitrogen and oxygen atoms in total. The second kappa shape index (κ2) is 10.2. The minimum Gasteiger partial charge on any atom is -0.364 e. The molecule has 3 amide bonds. The highest BCUT2D eigenvalue weighted by Crippen LogP contribution is 2.25. The summed E-state index contributed by atoms with van der Waals surface area (Å²) >= 11 is 1.23. The van der Waals surface area contributed by atoms with Gasteiger partial charge in [0.1, 0.15) is 5.69 Å². The number of nitrogens with zero attached hydrogens (tertiary/aromatic N) is 3. The Morgan fingerprint density at radius 2 is 2.00 bits per heavy atom. The van der Waals surface area contributed by atoms with Crippen molar-refractivity contribution in [2.75, 3.05) is 16.8 Å². The van der Waals surface area contributed by atoms with Gasteiger partial charge in [-0.05, 0) is 18.2 Å². The maximum Gasteiger partial charge on any atom is 0.265 e. The SMILES string of the molecule is N#CCCN(C(=O)CCC(=O)Nc1nc(-c2c[nH]c(C(N)=O)c2)cs1)c1ccccc1. The average molecular weight is 436 g/mol. The van der Waals surface area contributed by atoms with Crippen LogP contribution in [0.3, 0.4) is 0 Å². The van der Waals surface area contributed by atoms with E-state index in [9.17, 15) is 14.4 Å². The smallest absolute Gasteiger partial charge is 0.265 e. The van der Waals surface area contributed by atoms with Crippen molar-refractivity contribution >= 4 is 39.9 Å². The van der Waals surface area contributed by atoms with Crippen molar-refractivity contribution in [2.45, 2.75) is 19.3 Å². The van der Waals surface area contributed by atoms with Gasteiger partial charge in [-0.2, -0.15) is 5.26 Å². The van der Waals surface area contributed by atoms with Crippen LogP contribution >= 0.6 is 11.3 Å². The van der Waals surface area contributed by atoms with Gasteiger partial charge in [0, 0.05) is 42.2 Å². The van der Waals surface area contributed by atoms with Gasteiger partial charge in [0.25, 0.3) is 5.91 Å². The van der Waals surface area contributed by atoms with E-state index >= 15 is 0 Å². The molecule has 0 fully saturated rings. The van der Waals surface area contributed by atoms with Gasteiger partial charge in [-0.15, -0.1) is 11.3 Å². The molecule has 2 aromatic heterocycles. The molecular weight excluding hydrogens is 416 g/mol. The Morgan fingerprint density at radius 3 is 2.68 bits per heavy atom. The van der Waals surface area contributed by atoms with Crippen LogP contribution in [0.15, 0.2) is 48.0 Å². The molecule has 1 aromatic carbocycles. The fourth-order valence-electron chi connectivity index (χ4n) is 2.85. The van der Waals surface area contributed by atoms with Crippen LogP contribution < -0.4 is 16.0 Å². The number of aromatic amines is 1. The second-order valence-electron chi connectivity index (χ2n) is 6.54. The molecule has 0 bridgehead atoms. The highest BCUT2D eigenvalue weighted by molar-refractivity contribution is 7.14. The molecule has 3 rings (SSSR count). The molecule has 158 valence electrons. The van der Waals surface area contributed by atoms with Gasteiger partial charge in [0.2, 0.25) is 11.8 Å². The average Bonchev–Trinajstić information content (AvgIpc) is 3.43. The van der Waals surface area contributed by atoms with Crippen LogP contribution in [0.2, 0.25) is 0 Å². The van der Waals surface area contributed by atoms with Crippen molar-refractivity contribution in [1.82, 2.24) is 9.97 Å². The maximum atomic E-state index is 12.6. The van der Waals surface area contributed by atoms with Crippen LogP contribution in [0.5, 0.6) is 0 Å². The number of rotatable bonds is 9. The third kappa shape index (κ3) is 5.77. The number of para-hydroxylation sites is 1. The van der Waals surface area contributed by atoms with E-state index in [-0.39, 0.29) is 43.3 Å². The van der Waals surface area contributed by atoms with Crippen molar-refractivity contribution in [1.29, 1.82) is 5.26 Å². The lowest BCUT2D eigenvalue weighted by molar-refractivity contribution is -0.122. The third-order valence-corrected chi connectivity index (χ3v) is 5.13. The highest BCUT2D eigenvalue weighted by Gasteiger charge is 2.17. The normalized spacial score (nSPS) is 10.3. The first-order valence-corrected chi connectivity index (χ1v) is 10.3. The van der Waals surface area contributed by atoms with Gasteiger partial charge in [0.15, 0.2) is 5.13 Å². The zero-order chi connectivity index (χ0) is 22.2. The van der Waals surface area contributed by atoms with E-state index in [4.69, 9.17) is 11.0 Å². The molecule has 0 spiro atoms. The van der Waals surface area contributed by atoms with E-state index in [1.54, 1.807) is 29.8 Å². The number of nitrogens with two attached hydrogens (primary N) is 1. The van der Waals surface area contributed by atoms with Crippen LogP contribution in [0.4, 0.5) is 10.8 Å². The van der Waals surface area contributed by atoms with E-state index in [1.165, 1.54) is 16.2 Å². The van der Waals surface area contributed by atoms with Crippen LogP contribution in [0.25, 0.3) is 11.3 Å². The summed E-state index contributed by atoms with van der Waals surface area (Å²) in [5, 5.41) is 13.7. The summed E-state index contributed by atoms with van der Waals surface area (Å²) in [7, 11) is 0. The standard InChI is InChI=1S/C21H20N6O3S/c22-9-4-10-27(15-5-2-1-3-6-15)19(29)8-7-18(28)26-21-25-17(13-31-21)14-11-16(20(23)30)24-12-14/h1-3,5-6,11-13,24H,4,7-8,10H2,(H2,23,30)(H,25,26,28). The Hall–Kier alpha value is -3.97. The largest absolute Gasteiger partial charge is 0.364 e. The predicted molar refractivity (Wildman–Crippen MR) is 117 cm³/mol. The van der Waals surface area contributed by atoms with Gasteiger partial charge in [-0.25, -0.2) is 4.98 Å². The number of H-pyrrole nitrogens is 1. The third-order valence-electron chi connectivity index (χ3n) is 4.38. The first-order chi connectivity index (χ1) is 15.0. The van der Waals surface area contributed by atoms with E-state index in [0.29, 0.717) is 22.1 Å². The molecule has 0 unspecified atom stereocenters. The first-order valence-electron chi connectivity index (χ1n) is 9.44. The van der Waals surface area contributed by atoms with E-state index in [1.807, 2.05) is 24.3 Å². The van der Waals surface area contributed by atoms with Crippen molar-refractivity contribution in [2.24, 2.45) is 5.73 Å². The molecule has 10 heteroatoms. The van der Waals surface area contributed by atoms with E-state index in [0.717, 1.165) is 0 Å². The number of benzene rings is 1. The number of aromatic nitrogens is 2. The number of primary amides is 1. The lowest BCUT2D eigenvalue weighted by atomic mass is 10.2. The van der Waals surface area contributed by atoms with Crippen molar-refractivity contribution in [3.8, 4) is 17.3 Å². The molecule has 0 aliphatic heterocycles. The monoisotopic (exact) mass is 436 g/mol. The van der Waals surface area contributed by atoms with Crippen molar-refractivity contribution in [3.05, 3.63) is 53.7 Å². The molecule has 0 saturated heterocycles. The number of carbonyl (C=O) groups excluding carboxylic acids is 3. The number of nitrogens with one attached hydrogen (secondary N) is 2. The zero-order valence-corrected chi connectivity index (χ0v) is 17.3. The highest BCUT2D eigenvalue weighted by atomic mass is 32.1. The summed E-state index contributed by atoms with van der Waals surface area (Å²) in [6, 6.07) is 12.7. The summed E-state index contributed by atoms with van der Waals surface area (Å²) in [4.78, 5) is 44.7. The Balaban J connectivity index is 1.56. The minimum atomic E-state index is -0.570. The Bertz CT molecular complexity index is 1120. The maximum absolute atomic E-state index is 12.6. The first kappa shape index (κ1) is 21.7. The van der Waals surface area contributed by atoms with Gasteiger partial charge >= 0.3 is 0 Å². The molecule has 3 aromatic rings. The van der Waals surface area contributed by atoms with Gasteiger partial charge < -0.3 is 20.9 Å². The fourth-order valence-corrected chi connectivity index (χ4v) is 3.59. The molecule has 2 heterocycles. The molecule has 4 N–H and O–H groups in total. The van der Waals surface area contributed by atoms with Gasteiger partial charge in [-0.3, -0.25) is 14.4 Å². The summed E-state index contributed by atoms with van der Waals surface area (Å²) in [6.45, 7) is 0.265. The summed E-state index contributed by atoms with van der Waals surface area (Å²) in [5.41, 5.74) is 7.45. The second-order valence-corrected chi connectivity index (χ2v) is 7.40.